The Bertz CT molecular complexity index is 925. The van der Waals surface area contributed by atoms with E-state index in [0.29, 0.717) is 23.5 Å². The molecule has 0 fully saturated rings. The molecule has 27 heavy (non-hydrogen) atoms. The fourth-order valence-corrected chi connectivity index (χ4v) is 2.39. The van der Waals surface area contributed by atoms with Crippen LogP contribution in [0.3, 0.4) is 0 Å². The highest BCUT2D eigenvalue weighted by atomic mass is 16.1. The molecular weight excluding hydrogens is 340 g/mol. The van der Waals surface area contributed by atoms with E-state index in [-0.39, 0.29) is 11.9 Å². The summed E-state index contributed by atoms with van der Waals surface area (Å²) >= 11 is 0. The van der Waals surface area contributed by atoms with Gasteiger partial charge in [0.25, 0.3) is 5.91 Å². The van der Waals surface area contributed by atoms with Crippen LogP contribution >= 0.6 is 0 Å². The Labute approximate surface area is 157 Å². The molecule has 2 aromatic carbocycles. The van der Waals surface area contributed by atoms with Gasteiger partial charge in [0.05, 0.1) is 11.4 Å². The molecule has 0 aliphatic rings. The number of aromatic nitrogens is 1. The van der Waals surface area contributed by atoms with Crippen LogP contribution in [0.15, 0.2) is 73.1 Å². The molecule has 0 bridgehead atoms. The monoisotopic (exact) mass is 360 g/mol. The number of nitrogens with zero attached hydrogens (tertiary/aromatic N) is 1. The highest BCUT2D eigenvalue weighted by Crippen LogP contribution is 2.18. The zero-order valence-corrected chi connectivity index (χ0v) is 14.6. The Balaban J connectivity index is 1.53. The van der Waals surface area contributed by atoms with E-state index in [2.05, 4.69) is 20.9 Å². The average molecular weight is 360 g/mol. The van der Waals surface area contributed by atoms with Crippen molar-refractivity contribution in [2.24, 2.45) is 0 Å². The lowest BCUT2D eigenvalue weighted by molar-refractivity contribution is 0.102. The van der Waals surface area contributed by atoms with Gasteiger partial charge in [-0.15, -0.1) is 0 Å². The third-order valence-electron chi connectivity index (χ3n) is 3.84. The van der Waals surface area contributed by atoms with Crippen LogP contribution in [-0.2, 0) is 6.54 Å². The number of hydrogen-bond acceptors (Lipinski definition) is 4. The van der Waals surface area contributed by atoms with E-state index in [1.165, 1.54) is 0 Å². The van der Waals surface area contributed by atoms with E-state index in [4.69, 9.17) is 11.1 Å². The molecule has 136 valence electrons. The fraction of sp³-hybridized carbons (Fsp3) is 0.0500. The maximum absolute atomic E-state index is 12.3. The molecule has 1 amide bonds. The Hall–Kier alpha value is -3.87. The van der Waals surface area contributed by atoms with E-state index in [0.717, 1.165) is 11.3 Å². The lowest BCUT2D eigenvalue weighted by Crippen LogP contribution is -2.29. The molecule has 7 nitrogen and oxygen atoms in total. The number of rotatable bonds is 5. The summed E-state index contributed by atoms with van der Waals surface area (Å²) in [4.78, 5) is 16.2. The second-order valence-electron chi connectivity index (χ2n) is 5.83. The largest absolute Gasteiger partial charge is 0.397 e. The van der Waals surface area contributed by atoms with Gasteiger partial charge >= 0.3 is 0 Å². The first-order valence-corrected chi connectivity index (χ1v) is 8.36. The van der Waals surface area contributed by atoms with Gasteiger partial charge in [0.2, 0.25) is 0 Å². The summed E-state index contributed by atoms with van der Waals surface area (Å²) in [7, 11) is 0. The average Bonchev–Trinajstić information content (AvgIpc) is 2.69. The molecule has 0 saturated carbocycles. The Morgan fingerprint density at radius 2 is 1.67 bits per heavy atom. The molecule has 3 rings (SSSR count). The summed E-state index contributed by atoms with van der Waals surface area (Å²) in [5, 5.41) is 16.6. The van der Waals surface area contributed by atoms with Crippen molar-refractivity contribution in [1.29, 1.82) is 5.41 Å². The van der Waals surface area contributed by atoms with Crippen LogP contribution in [-0.4, -0.2) is 16.9 Å². The molecular formula is C20H20N6O. The van der Waals surface area contributed by atoms with Crippen molar-refractivity contribution in [1.82, 2.24) is 10.3 Å². The van der Waals surface area contributed by atoms with Crippen molar-refractivity contribution in [3.05, 3.63) is 84.2 Å². The first-order valence-electron chi connectivity index (χ1n) is 8.36. The predicted octanol–water partition coefficient (Wildman–Crippen LogP) is 3.05. The number of carbonyl (C=O) groups excluding carboxylic acids is 1. The van der Waals surface area contributed by atoms with E-state index < -0.39 is 0 Å². The number of nitrogens with one attached hydrogen (secondary N) is 4. The molecule has 0 radical (unpaired) electrons. The molecule has 0 atom stereocenters. The Kier molecular flexibility index (Phi) is 5.64. The molecule has 0 spiro atoms. The Morgan fingerprint density at radius 1 is 0.963 bits per heavy atom. The molecule has 0 aliphatic carbocycles. The number of pyridine rings is 1. The smallest absolute Gasteiger partial charge is 0.255 e. The van der Waals surface area contributed by atoms with Crippen LogP contribution in [0.25, 0.3) is 0 Å². The maximum atomic E-state index is 12.3. The summed E-state index contributed by atoms with van der Waals surface area (Å²) in [6, 6.07) is 17.9. The van der Waals surface area contributed by atoms with E-state index in [9.17, 15) is 4.79 Å². The van der Waals surface area contributed by atoms with Crippen molar-refractivity contribution in [3.63, 3.8) is 0 Å². The number of hydrogen-bond donors (Lipinski definition) is 5. The number of benzene rings is 2. The zero-order valence-electron chi connectivity index (χ0n) is 14.6. The molecule has 1 heterocycles. The summed E-state index contributed by atoms with van der Waals surface area (Å²) in [5.74, 6) is -0.0397. The highest BCUT2D eigenvalue weighted by molar-refractivity contribution is 6.05. The molecule has 7 heteroatoms. The zero-order chi connectivity index (χ0) is 19.1. The van der Waals surface area contributed by atoms with Gasteiger partial charge in [0.1, 0.15) is 0 Å². The number of nitrogen functional groups attached to an aromatic ring is 1. The molecule has 6 N–H and O–H groups in total. The first kappa shape index (κ1) is 17.9. The summed E-state index contributed by atoms with van der Waals surface area (Å²) in [6.45, 7) is 0.463. The van der Waals surface area contributed by atoms with Gasteiger partial charge in [-0.05, 0) is 42.0 Å². The molecule has 0 saturated heterocycles. The quantitative estimate of drug-likeness (QED) is 0.272. The molecule has 0 aliphatic heterocycles. The standard InChI is InChI=1S/C20H20N6O/c21-17-3-1-2-4-18(17)26-19(27)15-7-5-14(6-8-15)13-24-20(22)25-16-9-11-23-12-10-16/h1-12H,13,21H2,(H,26,27)(H3,22,23,24,25). The summed E-state index contributed by atoms with van der Waals surface area (Å²) in [5.41, 5.74) is 9.22. The fourth-order valence-electron chi connectivity index (χ4n) is 2.39. The highest BCUT2D eigenvalue weighted by Gasteiger charge is 2.08. The van der Waals surface area contributed by atoms with Crippen molar-refractivity contribution in [2.75, 3.05) is 16.4 Å². The molecule has 3 aromatic rings. The second-order valence-corrected chi connectivity index (χ2v) is 5.83. The van der Waals surface area contributed by atoms with Gasteiger partial charge in [0, 0.05) is 30.2 Å². The normalized spacial score (nSPS) is 10.1. The number of anilines is 3. The van der Waals surface area contributed by atoms with Crippen LogP contribution in [0, 0.1) is 5.41 Å². The van der Waals surface area contributed by atoms with Crippen molar-refractivity contribution in [2.45, 2.75) is 6.54 Å². The lowest BCUT2D eigenvalue weighted by atomic mass is 10.1. The third-order valence-corrected chi connectivity index (χ3v) is 3.84. The summed E-state index contributed by atoms with van der Waals surface area (Å²) in [6.07, 6.45) is 3.31. The topological polar surface area (TPSA) is 116 Å². The van der Waals surface area contributed by atoms with Gasteiger partial charge < -0.3 is 21.7 Å². The minimum atomic E-state index is -0.223. The third kappa shape index (κ3) is 5.05. The predicted molar refractivity (Wildman–Crippen MR) is 108 cm³/mol. The van der Waals surface area contributed by atoms with Crippen molar-refractivity contribution >= 4 is 28.9 Å². The maximum Gasteiger partial charge on any atom is 0.255 e. The van der Waals surface area contributed by atoms with Crippen LogP contribution in [0.5, 0.6) is 0 Å². The second kappa shape index (κ2) is 8.48. The van der Waals surface area contributed by atoms with Crippen LogP contribution in [0.4, 0.5) is 17.1 Å². The molecule has 1 aromatic heterocycles. The molecule has 0 unspecified atom stereocenters. The summed E-state index contributed by atoms with van der Waals surface area (Å²) < 4.78 is 0. The van der Waals surface area contributed by atoms with Crippen molar-refractivity contribution in [3.8, 4) is 0 Å². The Morgan fingerprint density at radius 3 is 2.37 bits per heavy atom. The van der Waals surface area contributed by atoms with Gasteiger partial charge in [-0.2, -0.15) is 0 Å². The minimum absolute atomic E-state index is 0.183. The SMILES string of the molecule is N=C(NCc1ccc(C(=O)Nc2ccccc2N)cc1)Nc1ccncc1. The van der Waals surface area contributed by atoms with E-state index >= 15 is 0 Å². The number of amides is 1. The van der Waals surface area contributed by atoms with Gasteiger partial charge in [-0.25, -0.2) is 0 Å². The number of carbonyl (C=O) groups is 1. The van der Waals surface area contributed by atoms with Crippen molar-refractivity contribution < 1.29 is 4.79 Å². The first-order chi connectivity index (χ1) is 13.1. The van der Waals surface area contributed by atoms with Gasteiger partial charge in [0.15, 0.2) is 5.96 Å². The lowest BCUT2D eigenvalue weighted by Gasteiger charge is -2.11. The van der Waals surface area contributed by atoms with E-state index in [1.807, 2.05) is 24.3 Å². The van der Waals surface area contributed by atoms with Gasteiger partial charge in [-0.3, -0.25) is 15.2 Å². The van der Waals surface area contributed by atoms with Crippen LogP contribution in [0.2, 0.25) is 0 Å². The van der Waals surface area contributed by atoms with Crippen LogP contribution in [0.1, 0.15) is 15.9 Å². The minimum Gasteiger partial charge on any atom is -0.397 e. The number of guanidine groups is 1. The van der Waals surface area contributed by atoms with Gasteiger partial charge in [-0.1, -0.05) is 24.3 Å². The van der Waals surface area contributed by atoms with E-state index in [1.54, 1.807) is 48.8 Å². The number of nitrogens with two attached hydrogens (primary N) is 1. The number of para-hydroxylation sites is 2. The van der Waals surface area contributed by atoms with Crippen LogP contribution < -0.4 is 21.7 Å².